The van der Waals surface area contributed by atoms with Crippen molar-refractivity contribution < 1.29 is 32.3 Å². The number of nitrogens with zero attached hydrogens (tertiary/aromatic N) is 5. The average molecular weight is 556 g/mol. The largest absolute Gasteiger partial charge is 0.481 e. The van der Waals surface area contributed by atoms with Crippen molar-refractivity contribution in [1.29, 1.82) is 0 Å². The van der Waals surface area contributed by atoms with Crippen LogP contribution in [0.25, 0.3) is 0 Å². The number of nitro groups is 1. The topological polar surface area (TPSA) is 190 Å². The number of methoxy groups -OCH3 is 2. The molecule has 0 unspecified atom stereocenters. The van der Waals surface area contributed by atoms with Crippen LogP contribution in [0.5, 0.6) is 17.6 Å². The average Bonchev–Trinajstić information content (AvgIpc) is 3.41. The Morgan fingerprint density at radius 3 is 2.49 bits per heavy atom. The number of aromatic nitrogens is 4. The minimum atomic E-state index is -4.03. The number of para-hydroxylation sites is 2. The molecule has 0 atom stereocenters. The molecule has 0 spiro atoms. The number of carbonyl (C=O) groups excluding carboxylic acids is 1. The van der Waals surface area contributed by atoms with Gasteiger partial charge in [-0.3, -0.25) is 19.6 Å². The normalized spacial score (nSPS) is 10.9. The first kappa shape index (κ1) is 26.8. The van der Waals surface area contributed by atoms with Crippen molar-refractivity contribution in [2.24, 2.45) is 0 Å². The highest BCUT2D eigenvalue weighted by Crippen LogP contribution is 2.26. The molecule has 2 N–H and O–H groups in total. The molecule has 2 heterocycles. The molecule has 0 radical (unpaired) electrons. The summed E-state index contributed by atoms with van der Waals surface area (Å²) in [6.45, 7) is -0.165. The van der Waals surface area contributed by atoms with E-state index in [2.05, 4.69) is 25.1 Å². The zero-order valence-electron chi connectivity index (χ0n) is 20.5. The van der Waals surface area contributed by atoms with E-state index in [4.69, 9.17) is 14.2 Å². The van der Waals surface area contributed by atoms with Gasteiger partial charge in [0.15, 0.2) is 24.0 Å². The van der Waals surface area contributed by atoms with Gasteiger partial charge in [0.25, 0.3) is 15.9 Å². The molecule has 0 saturated heterocycles. The van der Waals surface area contributed by atoms with Gasteiger partial charge in [-0.25, -0.2) is 13.1 Å². The third-order valence-electron chi connectivity index (χ3n) is 5.02. The van der Waals surface area contributed by atoms with Gasteiger partial charge >= 0.3 is 11.7 Å². The van der Waals surface area contributed by atoms with E-state index < -0.39 is 20.9 Å². The van der Waals surface area contributed by atoms with E-state index in [1.807, 2.05) is 0 Å². The van der Waals surface area contributed by atoms with Gasteiger partial charge in [-0.05, 0) is 36.4 Å². The Morgan fingerprint density at radius 2 is 1.79 bits per heavy atom. The van der Waals surface area contributed by atoms with Gasteiger partial charge in [-0.2, -0.15) is 15.1 Å². The van der Waals surface area contributed by atoms with Crippen molar-refractivity contribution in [2.75, 3.05) is 24.3 Å². The summed E-state index contributed by atoms with van der Waals surface area (Å²) < 4.78 is 44.6. The monoisotopic (exact) mass is 555 g/mol. The van der Waals surface area contributed by atoms with Crippen LogP contribution in [0.15, 0.2) is 71.8 Å². The Balaban J connectivity index is 1.38. The van der Waals surface area contributed by atoms with Crippen molar-refractivity contribution in [2.45, 2.75) is 11.6 Å². The van der Waals surface area contributed by atoms with Crippen LogP contribution in [-0.2, 0) is 16.8 Å². The van der Waals surface area contributed by atoms with E-state index in [-0.39, 0.29) is 46.5 Å². The molecule has 0 bridgehead atoms. The fraction of sp³-hybridized carbons (Fsp3) is 0.130. The number of anilines is 2. The summed E-state index contributed by atoms with van der Waals surface area (Å²) in [5, 5.41) is 17.8. The number of nitro benzene ring substituents is 1. The fourth-order valence-electron chi connectivity index (χ4n) is 3.18. The zero-order valence-corrected chi connectivity index (χ0v) is 21.3. The first-order valence-corrected chi connectivity index (χ1v) is 12.5. The molecule has 0 fully saturated rings. The van der Waals surface area contributed by atoms with Gasteiger partial charge in [-0.1, -0.05) is 12.1 Å². The third kappa shape index (κ3) is 6.55. The molecule has 16 heteroatoms. The molecule has 2 aromatic carbocycles. The number of sulfonamides is 1. The fourth-order valence-corrected chi connectivity index (χ4v) is 4.17. The van der Waals surface area contributed by atoms with Gasteiger partial charge in [-0.15, -0.1) is 0 Å². The zero-order chi connectivity index (χ0) is 28.0. The summed E-state index contributed by atoms with van der Waals surface area (Å²) in [7, 11) is -1.34. The molecular formula is C23H21N7O8S. The molecule has 202 valence electrons. The molecule has 0 aliphatic heterocycles. The number of rotatable bonds is 11. The van der Waals surface area contributed by atoms with Crippen LogP contribution in [0.4, 0.5) is 17.2 Å². The van der Waals surface area contributed by atoms with E-state index in [1.165, 1.54) is 79.7 Å². The Hall–Kier alpha value is -5.25. The van der Waals surface area contributed by atoms with Crippen molar-refractivity contribution in [3.05, 3.63) is 82.7 Å². The van der Waals surface area contributed by atoms with E-state index in [1.54, 1.807) is 6.07 Å². The summed E-state index contributed by atoms with van der Waals surface area (Å²) in [6.07, 6.45) is 1.47. The number of nitrogens with one attached hydrogen (secondary N) is 2. The number of hydrogen-bond acceptors (Lipinski definition) is 11. The molecule has 15 nitrogen and oxygen atoms in total. The lowest BCUT2D eigenvalue weighted by Gasteiger charge is -2.10. The predicted molar refractivity (Wildman–Crippen MR) is 136 cm³/mol. The maximum Gasteiger partial charge on any atom is 0.321 e. The Kier molecular flexibility index (Phi) is 7.85. The highest BCUT2D eigenvalue weighted by atomic mass is 32.2. The highest BCUT2D eigenvalue weighted by molar-refractivity contribution is 7.92. The lowest BCUT2D eigenvalue weighted by molar-refractivity contribution is -0.386. The smallest absolute Gasteiger partial charge is 0.321 e. The maximum atomic E-state index is 12.8. The second kappa shape index (κ2) is 11.4. The summed E-state index contributed by atoms with van der Waals surface area (Å²) in [6, 6.07) is 13.9. The first-order valence-electron chi connectivity index (χ1n) is 11.0. The van der Waals surface area contributed by atoms with Gasteiger partial charge in [0.1, 0.15) is 0 Å². The molecule has 1 amide bonds. The molecule has 2 aromatic heterocycles. The second-order valence-electron chi connectivity index (χ2n) is 7.60. The van der Waals surface area contributed by atoms with Crippen LogP contribution >= 0.6 is 0 Å². The summed E-state index contributed by atoms with van der Waals surface area (Å²) >= 11 is 0. The van der Waals surface area contributed by atoms with E-state index in [0.717, 1.165) is 0 Å². The lowest BCUT2D eigenvalue weighted by Crippen LogP contribution is -2.16. The van der Waals surface area contributed by atoms with Gasteiger partial charge < -0.3 is 19.5 Å². The summed E-state index contributed by atoms with van der Waals surface area (Å²) in [5.74, 6) is -0.453. The molecule has 0 saturated carbocycles. The molecule has 4 rings (SSSR count). The van der Waals surface area contributed by atoms with Crippen LogP contribution < -0.4 is 24.2 Å². The van der Waals surface area contributed by atoms with Gasteiger partial charge in [0.2, 0.25) is 5.88 Å². The Bertz CT molecular complexity index is 1580. The number of hydrogen-bond donors (Lipinski definition) is 2. The number of benzene rings is 2. The minimum Gasteiger partial charge on any atom is -0.481 e. The SMILES string of the molecule is COc1cc(NS(=O)(=O)c2ccc(NC(=O)c3ccn(COc4ccccc4[N+](=O)[O-])n3)cc2)nc(OC)n1. The molecular weight excluding hydrogens is 534 g/mol. The van der Waals surface area contributed by atoms with Crippen LogP contribution in [0.2, 0.25) is 0 Å². The van der Waals surface area contributed by atoms with Crippen molar-refractivity contribution >= 4 is 33.1 Å². The van der Waals surface area contributed by atoms with Crippen molar-refractivity contribution in [3.63, 3.8) is 0 Å². The highest BCUT2D eigenvalue weighted by Gasteiger charge is 2.18. The van der Waals surface area contributed by atoms with Crippen molar-refractivity contribution in [1.82, 2.24) is 19.7 Å². The number of ether oxygens (including phenoxy) is 3. The molecule has 39 heavy (non-hydrogen) atoms. The number of carbonyl (C=O) groups is 1. The van der Waals surface area contributed by atoms with Crippen LogP contribution in [0, 0.1) is 10.1 Å². The molecule has 4 aromatic rings. The van der Waals surface area contributed by atoms with Crippen LogP contribution in [-0.4, -0.2) is 53.2 Å². The van der Waals surface area contributed by atoms with E-state index >= 15 is 0 Å². The van der Waals surface area contributed by atoms with Gasteiger partial charge in [0, 0.05) is 24.0 Å². The van der Waals surface area contributed by atoms with Crippen LogP contribution in [0.1, 0.15) is 10.5 Å². The standard InChI is InChI=1S/C23H21N7O8S/c1-36-21-13-20(25-23(26-21)37-2)28-39(34,35)16-9-7-15(8-10-16)24-22(31)17-11-12-29(27-17)14-38-19-6-4-3-5-18(19)30(32)33/h3-13H,14H2,1-2H3,(H,24,31)(H,25,26,28). The Morgan fingerprint density at radius 1 is 1.05 bits per heavy atom. The molecule has 0 aliphatic carbocycles. The van der Waals surface area contributed by atoms with Crippen LogP contribution in [0.3, 0.4) is 0 Å². The summed E-state index contributed by atoms with van der Waals surface area (Å²) in [4.78, 5) is 30.9. The Labute approximate surface area is 221 Å². The first-order chi connectivity index (χ1) is 18.7. The predicted octanol–water partition coefficient (Wildman–Crippen LogP) is 2.69. The molecule has 0 aliphatic rings. The maximum absolute atomic E-state index is 12.8. The minimum absolute atomic E-state index is 0.0474. The van der Waals surface area contributed by atoms with Gasteiger partial charge in [0.05, 0.1) is 24.0 Å². The lowest BCUT2D eigenvalue weighted by atomic mass is 10.3. The second-order valence-corrected chi connectivity index (χ2v) is 9.29. The van der Waals surface area contributed by atoms with E-state index in [9.17, 15) is 23.3 Å². The third-order valence-corrected chi connectivity index (χ3v) is 6.39. The number of amides is 1. The quantitative estimate of drug-likeness (QED) is 0.204. The summed E-state index contributed by atoms with van der Waals surface area (Å²) in [5.41, 5.74) is 0.168. The van der Waals surface area contributed by atoms with Crippen molar-refractivity contribution in [3.8, 4) is 17.6 Å². The van der Waals surface area contributed by atoms with E-state index in [0.29, 0.717) is 5.69 Å².